The molecule has 3 heteroatoms. The number of fused-ring (bicyclic) bond motifs is 3. The normalized spacial score (nSPS) is 11.8. The minimum absolute atomic E-state index is 0.675. The molecule has 0 atom stereocenters. The van der Waals surface area contributed by atoms with Crippen molar-refractivity contribution in [1.82, 2.24) is 0 Å². The van der Waals surface area contributed by atoms with E-state index in [1.165, 1.54) is 22.3 Å². The lowest BCUT2D eigenvalue weighted by molar-refractivity contribution is 0.453. The number of benzene rings is 2. The molecule has 0 saturated heterocycles. The Morgan fingerprint density at radius 1 is 1.00 bits per heavy atom. The maximum absolute atomic E-state index is 8.59. The van der Waals surface area contributed by atoms with E-state index in [0.717, 1.165) is 6.42 Å². The van der Waals surface area contributed by atoms with Gasteiger partial charge in [-0.05, 0) is 40.8 Å². The molecule has 0 aliphatic heterocycles. The molecule has 1 aliphatic rings. The van der Waals surface area contributed by atoms with Crippen LogP contribution in [0.4, 0.5) is 0 Å². The standard InChI is InChI=1S/C13H10BO2/c15-14-16-11-5-6-13-10(8-11)7-9-3-1-2-4-12(9)13/h1-6,8,15H,7H2. The molecule has 0 bridgehead atoms. The fourth-order valence-corrected chi connectivity index (χ4v) is 2.26. The molecule has 2 aromatic carbocycles. The molecule has 1 radical (unpaired) electrons. The molecule has 3 rings (SSSR count). The summed E-state index contributed by atoms with van der Waals surface area (Å²) >= 11 is 0. The molecular weight excluding hydrogens is 199 g/mol. The van der Waals surface area contributed by atoms with Crippen LogP contribution in [0.25, 0.3) is 11.1 Å². The Hall–Kier alpha value is -1.74. The summed E-state index contributed by atoms with van der Waals surface area (Å²) in [6, 6.07) is 14.3. The highest BCUT2D eigenvalue weighted by Gasteiger charge is 2.17. The van der Waals surface area contributed by atoms with E-state index in [1.807, 2.05) is 18.2 Å². The largest absolute Gasteiger partial charge is 0.569 e. The van der Waals surface area contributed by atoms with Crippen LogP contribution in [-0.4, -0.2) is 12.7 Å². The molecule has 0 amide bonds. The maximum Gasteiger partial charge on any atom is 0.569 e. The minimum Gasteiger partial charge on any atom is -0.537 e. The Balaban J connectivity index is 2.07. The first-order valence-corrected chi connectivity index (χ1v) is 5.22. The van der Waals surface area contributed by atoms with Gasteiger partial charge in [0.05, 0.1) is 0 Å². The Morgan fingerprint density at radius 2 is 1.81 bits per heavy atom. The third-order valence-electron chi connectivity index (χ3n) is 2.95. The van der Waals surface area contributed by atoms with Crippen LogP contribution in [0.1, 0.15) is 11.1 Å². The first-order chi connectivity index (χ1) is 7.88. The van der Waals surface area contributed by atoms with Crippen molar-refractivity contribution in [1.29, 1.82) is 0 Å². The molecule has 77 valence electrons. The zero-order valence-electron chi connectivity index (χ0n) is 8.68. The molecule has 1 aliphatic carbocycles. The molecule has 0 spiro atoms. The number of hydrogen-bond acceptors (Lipinski definition) is 2. The predicted molar refractivity (Wildman–Crippen MR) is 63.3 cm³/mol. The van der Waals surface area contributed by atoms with Gasteiger partial charge in [-0.2, -0.15) is 0 Å². The van der Waals surface area contributed by atoms with Crippen LogP contribution in [0.2, 0.25) is 0 Å². The van der Waals surface area contributed by atoms with Gasteiger partial charge in [-0.15, -0.1) is 0 Å². The van der Waals surface area contributed by atoms with E-state index >= 15 is 0 Å². The van der Waals surface area contributed by atoms with E-state index < -0.39 is 0 Å². The van der Waals surface area contributed by atoms with E-state index in [2.05, 4.69) is 24.3 Å². The predicted octanol–water partition coefficient (Wildman–Crippen LogP) is 2.16. The summed E-state index contributed by atoms with van der Waals surface area (Å²) in [4.78, 5) is 0. The summed E-state index contributed by atoms with van der Waals surface area (Å²) in [6.07, 6.45) is 0.939. The Morgan fingerprint density at radius 3 is 2.69 bits per heavy atom. The Bertz CT molecular complexity index is 537. The van der Waals surface area contributed by atoms with Crippen LogP contribution in [0.3, 0.4) is 0 Å². The van der Waals surface area contributed by atoms with Crippen LogP contribution in [0.5, 0.6) is 5.75 Å². The zero-order valence-corrected chi connectivity index (χ0v) is 8.68. The molecule has 0 aromatic heterocycles. The van der Waals surface area contributed by atoms with Crippen LogP contribution in [0, 0.1) is 0 Å². The summed E-state index contributed by atoms with van der Waals surface area (Å²) < 4.78 is 4.96. The smallest absolute Gasteiger partial charge is 0.537 e. The van der Waals surface area contributed by atoms with Crippen molar-refractivity contribution in [3.05, 3.63) is 53.6 Å². The van der Waals surface area contributed by atoms with Crippen molar-refractivity contribution >= 4 is 7.69 Å². The molecule has 0 heterocycles. The quantitative estimate of drug-likeness (QED) is 0.655. The van der Waals surface area contributed by atoms with Gasteiger partial charge in [0, 0.05) is 0 Å². The summed E-state index contributed by atoms with van der Waals surface area (Å²) in [5, 5.41) is 8.59. The molecule has 2 nitrogen and oxygen atoms in total. The highest BCUT2D eigenvalue weighted by Crippen LogP contribution is 2.37. The fraction of sp³-hybridized carbons (Fsp3) is 0.0769. The van der Waals surface area contributed by atoms with Gasteiger partial charge in [0.1, 0.15) is 5.75 Å². The Kier molecular flexibility index (Phi) is 2.19. The van der Waals surface area contributed by atoms with Gasteiger partial charge in [-0.25, -0.2) is 0 Å². The number of rotatable bonds is 2. The van der Waals surface area contributed by atoms with Gasteiger partial charge >= 0.3 is 7.69 Å². The summed E-state index contributed by atoms with van der Waals surface area (Å²) in [7, 11) is 0.712. The monoisotopic (exact) mass is 209 g/mol. The topological polar surface area (TPSA) is 29.5 Å². The van der Waals surface area contributed by atoms with Crippen LogP contribution < -0.4 is 4.65 Å². The van der Waals surface area contributed by atoms with Gasteiger partial charge in [-0.1, -0.05) is 30.3 Å². The molecule has 0 unspecified atom stereocenters. The van der Waals surface area contributed by atoms with Gasteiger partial charge in [0.2, 0.25) is 0 Å². The van der Waals surface area contributed by atoms with Gasteiger partial charge in [0.15, 0.2) is 0 Å². The van der Waals surface area contributed by atoms with Crippen molar-refractivity contribution in [2.75, 3.05) is 0 Å². The third-order valence-corrected chi connectivity index (χ3v) is 2.95. The van der Waals surface area contributed by atoms with Crippen LogP contribution in [-0.2, 0) is 6.42 Å². The molecule has 0 fully saturated rings. The van der Waals surface area contributed by atoms with Crippen molar-refractivity contribution in [3.8, 4) is 16.9 Å². The highest BCUT2D eigenvalue weighted by atomic mass is 16.5. The van der Waals surface area contributed by atoms with E-state index in [-0.39, 0.29) is 0 Å². The fourth-order valence-electron chi connectivity index (χ4n) is 2.26. The lowest BCUT2D eigenvalue weighted by atomic mass is 10.1. The average molecular weight is 209 g/mol. The molecular formula is C13H10BO2. The molecule has 0 saturated carbocycles. The zero-order chi connectivity index (χ0) is 11.0. The van der Waals surface area contributed by atoms with Crippen LogP contribution in [0.15, 0.2) is 42.5 Å². The maximum atomic E-state index is 8.59. The van der Waals surface area contributed by atoms with Gasteiger partial charge < -0.3 is 9.68 Å². The second kappa shape index (κ2) is 3.69. The number of hydrogen-bond donors (Lipinski definition) is 1. The van der Waals surface area contributed by atoms with Gasteiger partial charge in [-0.3, -0.25) is 0 Å². The van der Waals surface area contributed by atoms with E-state index in [4.69, 9.17) is 9.68 Å². The van der Waals surface area contributed by atoms with E-state index in [1.54, 1.807) is 0 Å². The van der Waals surface area contributed by atoms with Crippen molar-refractivity contribution in [2.24, 2.45) is 0 Å². The lowest BCUT2D eigenvalue weighted by Gasteiger charge is -2.04. The van der Waals surface area contributed by atoms with Crippen molar-refractivity contribution < 1.29 is 9.68 Å². The second-order valence-corrected chi connectivity index (χ2v) is 3.88. The summed E-state index contributed by atoms with van der Waals surface area (Å²) in [5.41, 5.74) is 5.17. The second-order valence-electron chi connectivity index (χ2n) is 3.88. The van der Waals surface area contributed by atoms with Crippen molar-refractivity contribution in [3.63, 3.8) is 0 Å². The Labute approximate surface area is 94.8 Å². The lowest BCUT2D eigenvalue weighted by Crippen LogP contribution is -1.99. The first-order valence-electron chi connectivity index (χ1n) is 5.22. The van der Waals surface area contributed by atoms with Crippen molar-refractivity contribution in [2.45, 2.75) is 6.42 Å². The first kappa shape index (κ1) is 9.49. The average Bonchev–Trinajstić information content (AvgIpc) is 2.67. The summed E-state index contributed by atoms with van der Waals surface area (Å²) in [5.74, 6) is 0.675. The molecule has 16 heavy (non-hydrogen) atoms. The van der Waals surface area contributed by atoms with Crippen LogP contribution >= 0.6 is 0 Å². The molecule has 1 N–H and O–H groups in total. The third kappa shape index (κ3) is 1.41. The summed E-state index contributed by atoms with van der Waals surface area (Å²) in [6.45, 7) is 0. The highest BCUT2D eigenvalue weighted by molar-refractivity contribution is 6.17. The SMILES string of the molecule is O[B]Oc1ccc2c(c1)Cc1ccccc1-2. The minimum atomic E-state index is 0.675. The van der Waals surface area contributed by atoms with Gasteiger partial charge in [0.25, 0.3) is 0 Å². The van der Waals surface area contributed by atoms with E-state index in [0.29, 0.717) is 13.4 Å². The molecule has 2 aromatic rings. The van der Waals surface area contributed by atoms with E-state index in [9.17, 15) is 0 Å².